The molecule has 0 saturated heterocycles. The number of aromatic nitrogens is 1. The molecule has 3 rings (SSSR count). The molecule has 30 heavy (non-hydrogen) atoms. The number of ketones is 1. The van der Waals surface area contributed by atoms with Crippen LogP contribution in [0.1, 0.15) is 27.3 Å². The second-order valence-corrected chi connectivity index (χ2v) is 8.74. The van der Waals surface area contributed by atoms with Crippen molar-refractivity contribution in [2.75, 3.05) is 12.0 Å². The van der Waals surface area contributed by atoms with E-state index in [4.69, 9.17) is 0 Å². The Bertz CT molecular complexity index is 973. The zero-order valence-electron chi connectivity index (χ0n) is 17.1. The number of rotatable bonds is 9. The van der Waals surface area contributed by atoms with Crippen LogP contribution in [0.3, 0.4) is 0 Å². The quantitative estimate of drug-likeness (QED) is 0.496. The van der Waals surface area contributed by atoms with Gasteiger partial charge in [-0.3, -0.25) is 9.59 Å². The van der Waals surface area contributed by atoms with Crippen LogP contribution in [-0.2, 0) is 11.2 Å². The Kier molecular flexibility index (Phi) is 9.62. The maximum atomic E-state index is 12.9. The zero-order valence-corrected chi connectivity index (χ0v) is 19.7. The van der Waals surface area contributed by atoms with Gasteiger partial charge in [-0.25, -0.2) is 4.98 Å². The van der Waals surface area contributed by atoms with Crippen molar-refractivity contribution in [3.8, 4) is 11.3 Å². The van der Waals surface area contributed by atoms with Gasteiger partial charge < -0.3 is 5.32 Å². The SMILES string of the molecule is CSCC[C@H](NC(=O)c1cccc(C)c1)C(=O)Cc1nc(-c2ccccc2)cs1.S. The van der Waals surface area contributed by atoms with Gasteiger partial charge in [0.1, 0.15) is 5.01 Å². The Morgan fingerprint density at radius 1 is 1.13 bits per heavy atom. The van der Waals surface area contributed by atoms with E-state index in [1.807, 2.05) is 67.1 Å². The number of Topliss-reactive ketones (excluding diaryl/α,β-unsaturated/α-hetero) is 1. The van der Waals surface area contributed by atoms with Gasteiger partial charge in [-0.05, 0) is 37.5 Å². The van der Waals surface area contributed by atoms with E-state index in [1.165, 1.54) is 11.3 Å². The first-order valence-electron chi connectivity index (χ1n) is 9.46. The molecule has 3 aromatic rings. The van der Waals surface area contributed by atoms with Gasteiger partial charge in [0.25, 0.3) is 5.91 Å². The smallest absolute Gasteiger partial charge is 0.251 e. The number of hydrogen-bond donors (Lipinski definition) is 1. The Morgan fingerprint density at radius 2 is 1.90 bits per heavy atom. The second-order valence-electron chi connectivity index (χ2n) is 6.81. The molecule has 0 unspecified atom stereocenters. The van der Waals surface area contributed by atoms with E-state index in [2.05, 4.69) is 10.3 Å². The van der Waals surface area contributed by atoms with Crippen molar-refractivity contribution >= 4 is 48.3 Å². The number of carbonyl (C=O) groups excluding carboxylic acids is 2. The Morgan fingerprint density at radius 3 is 2.60 bits per heavy atom. The molecule has 0 aliphatic carbocycles. The lowest BCUT2D eigenvalue weighted by molar-refractivity contribution is -0.120. The predicted molar refractivity (Wildman–Crippen MR) is 132 cm³/mol. The van der Waals surface area contributed by atoms with Crippen LogP contribution in [-0.4, -0.2) is 34.7 Å². The van der Waals surface area contributed by atoms with Gasteiger partial charge in [-0.2, -0.15) is 25.3 Å². The van der Waals surface area contributed by atoms with Crippen LogP contribution in [0.25, 0.3) is 11.3 Å². The molecule has 1 amide bonds. The summed E-state index contributed by atoms with van der Waals surface area (Å²) in [6.07, 6.45) is 2.83. The van der Waals surface area contributed by atoms with E-state index >= 15 is 0 Å². The fraction of sp³-hybridized carbons (Fsp3) is 0.261. The summed E-state index contributed by atoms with van der Waals surface area (Å²) in [6, 6.07) is 16.8. The van der Waals surface area contributed by atoms with Crippen molar-refractivity contribution < 1.29 is 9.59 Å². The van der Waals surface area contributed by atoms with Crippen LogP contribution in [0.2, 0.25) is 0 Å². The fourth-order valence-electron chi connectivity index (χ4n) is 2.98. The van der Waals surface area contributed by atoms with Crippen molar-refractivity contribution in [1.82, 2.24) is 10.3 Å². The van der Waals surface area contributed by atoms with Gasteiger partial charge >= 0.3 is 0 Å². The van der Waals surface area contributed by atoms with Gasteiger partial charge in [0.15, 0.2) is 5.78 Å². The molecule has 0 saturated carbocycles. The maximum Gasteiger partial charge on any atom is 0.251 e. The third kappa shape index (κ3) is 6.72. The highest BCUT2D eigenvalue weighted by molar-refractivity contribution is 7.98. The number of benzene rings is 2. The first-order chi connectivity index (χ1) is 14.1. The minimum absolute atomic E-state index is 0. The number of amides is 1. The van der Waals surface area contributed by atoms with E-state index in [0.717, 1.165) is 27.6 Å². The molecule has 158 valence electrons. The van der Waals surface area contributed by atoms with Gasteiger partial charge in [0.2, 0.25) is 0 Å². The number of carbonyl (C=O) groups is 2. The molecule has 2 aromatic carbocycles. The standard InChI is InChI=1S/C23H24N2O2S2.H2S/c1-16-7-6-10-18(13-16)23(27)25-19(11-12-28-2)21(26)14-22-24-20(15-29-22)17-8-4-3-5-9-17;/h3-10,13,15,19H,11-12,14H2,1-2H3,(H,25,27);1H2/t19-;/m0./s1. The Labute approximate surface area is 193 Å². The van der Waals surface area contributed by atoms with E-state index in [9.17, 15) is 9.59 Å². The number of thiazole rings is 1. The van der Waals surface area contributed by atoms with Crippen molar-refractivity contribution in [3.05, 3.63) is 76.1 Å². The molecule has 0 spiro atoms. The topological polar surface area (TPSA) is 59.1 Å². The van der Waals surface area contributed by atoms with Crippen LogP contribution >= 0.6 is 36.6 Å². The van der Waals surface area contributed by atoms with E-state index in [1.54, 1.807) is 17.8 Å². The molecule has 7 heteroatoms. The molecule has 0 aliphatic rings. The average Bonchev–Trinajstić information content (AvgIpc) is 3.20. The van der Waals surface area contributed by atoms with E-state index in [0.29, 0.717) is 12.0 Å². The van der Waals surface area contributed by atoms with Gasteiger partial charge in [0, 0.05) is 16.5 Å². The molecule has 0 radical (unpaired) electrons. The minimum Gasteiger partial charge on any atom is -0.342 e. The van der Waals surface area contributed by atoms with Crippen LogP contribution in [0.4, 0.5) is 0 Å². The summed E-state index contributed by atoms with van der Waals surface area (Å²) in [6.45, 7) is 1.94. The lowest BCUT2D eigenvalue weighted by Crippen LogP contribution is -2.42. The first-order valence-corrected chi connectivity index (χ1v) is 11.7. The van der Waals surface area contributed by atoms with Crippen LogP contribution in [0.15, 0.2) is 60.0 Å². The molecule has 1 aromatic heterocycles. The highest BCUT2D eigenvalue weighted by Crippen LogP contribution is 2.22. The summed E-state index contributed by atoms with van der Waals surface area (Å²) in [5, 5.41) is 5.67. The van der Waals surface area contributed by atoms with Gasteiger partial charge in [-0.15, -0.1) is 11.3 Å². The summed E-state index contributed by atoms with van der Waals surface area (Å²) in [5.41, 5.74) is 3.51. The Hall–Kier alpha value is -2.09. The molecule has 0 fully saturated rings. The normalized spacial score (nSPS) is 11.4. The van der Waals surface area contributed by atoms with Crippen molar-refractivity contribution in [2.24, 2.45) is 0 Å². The largest absolute Gasteiger partial charge is 0.342 e. The first kappa shape index (κ1) is 24.2. The molecule has 1 N–H and O–H groups in total. The third-order valence-electron chi connectivity index (χ3n) is 4.53. The molecule has 1 heterocycles. The summed E-state index contributed by atoms with van der Waals surface area (Å²) in [4.78, 5) is 30.2. The van der Waals surface area contributed by atoms with E-state index in [-0.39, 0.29) is 31.6 Å². The monoisotopic (exact) mass is 458 g/mol. The molecular formula is C23H26N2O2S3. The van der Waals surface area contributed by atoms with Crippen molar-refractivity contribution in [3.63, 3.8) is 0 Å². The number of nitrogens with zero attached hydrogens (tertiary/aromatic N) is 1. The van der Waals surface area contributed by atoms with Gasteiger partial charge in [-0.1, -0.05) is 48.0 Å². The highest BCUT2D eigenvalue weighted by Gasteiger charge is 2.22. The third-order valence-corrected chi connectivity index (χ3v) is 6.02. The number of aryl methyl sites for hydroxylation is 1. The average molecular weight is 459 g/mol. The van der Waals surface area contributed by atoms with Crippen molar-refractivity contribution in [1.29, 1.82) is 0 Å². The highest BCUT2D eigenvalue weighted by atomic mass is 32.2. The summed E-state index contributed by atoms with van der Waals surface area (Å²) >= 11 is 3.15. The fourth-order valence-corrected chi connectivity index (χ4v) is 4.27. The van der Waals surface area contributed by atoms with E-state index < -0.39 is 6.04 Å². The molecular weight excluding hydrogens is 432 g/mol. The van der Waals surface area contributed by atoms with Crippen LogP contribution in [0.5, 0.6) is 0 Å². The predicted octanol–water partition coefficient (Wildman–Crippen LogP) is 4.89. The lowest BCUT2D eigenvalue weighted by Gasteiger charge is -2.17. The molecule has 4 nitrogen and oxygen atoms in total. The van der Waals surface area contributed by atoms with Crippen LogP contribution < -0.4 is 5.32 Å². The minimum atomic E-state index is -0.514. The Balaban J connectivity index is 0.00000320. The molecule has 0 bridgehead atoms. The zero-order chi connectivity index (χ0) is 20.6. The number of thioether (sulfide) groups is 1. The summed E-state index contributed by atoms with van der Waals surface area (Å²) < 4.78 is 0. The van der Waals surface area contributed by atoms with Crippen LogP contribution in [0, 0.1) is 6.92 Å². The summed E-state index contributed by atoms with van der Waals surface area (Å²) in [7, 11) is 0. The summed E-state index contributed by atoms with van der Waals surface area (Å²) in [5.74, 6) is 0.587. The number of hydrogen-bond acceptors (Lipinski definition) is 5. The molecule has 1 atom stereocenters. The van der Waals surface area contributed by atoms with Crippen molar-refractivity contribution in [2.45, 2.75) is 25.8 Å². The second kappa shape index (κ2) is 11.9. The van der Waals surface area contributed by atoms with Gasteiger partial charge in [0.05, 0.1) is 18.2 Å². The number of nitrogens with one attached hydrogen (secondary N) is 1. The maximum absolute atomic E-state index is 12.9. The lowest BCUT2D eigenvalue weighted by atomic mass is 10.1. The molecule has 0 aliphatic heterocycles.